The lowest BCUT2D eigenvalue weighted by Crippen LogP contribution is -2.59. The predicted octanol–water partition coefficient (Wildman–Crippen LogP) is 0.766. The number of hydrogen-bond donors (Lipinski definition) is 4. The van der Waals surface area contributed by atoms with Crippen LogP contribution in [0, 0.1) is 0 Å². The molecule has 0 heterocycles. The fourth-order valence-electron chi connectivity index (χ4n) is 2.42. The molecule has 0 unspecified atom stereocenters. The van der Waals surface area contributed by atoms with E-state index < -0.39 is 5.54 Å². The Morgan fingerprint density at radius 1 is 1.00 bits per heavy atom. The van der Waals surface area contributed by atoms with Gasteiger partial charge in [-0.2, -0.15) is 0 Å². The van der Waals surface area contributed by atoms with E-state index in [0.717, 1.165) is 38.8 Å². The first-order valence-corrected chi connectivity index (χ1v) is 7.19. The molecule has 1 aliphatic carbocycles. The minimum atomic E-state index is -0.717. The van der Waals surface area contributed by atoms with Crippen molar-refractivity contribution in [2.24, 2.45) is 0 Å². The quantitative estimate of drug-likeness (QED) is 0.524. The average Bonchev–Trinajstić information content (AvgIpc) is 2.84. The first-order chi connectivity index (χ1) is 9.14. The van der Waals surface area contributed by atoms with Gasteiger partial charge in [-0.05, 0) is 26.3 Å². The van der Waals surface area contributed by atoms with Crippen molar-refractivity contribution in [3.05, 3.63) is 0 Å². The van der Waals surface area contributed by atoms with E-state index in [2.05, 4.69) is 21.3 Å². The van der Waals surface area contributed by atoms with Crippen molar-refractivity contribution in [3.63, 3.8) is 0 Å². The summed E-state index contributed by atoms with van der Waals surface area (Å²) in [4.78, 5) is 24.0. The number of halogens is 1. The van der Waals surface area contributed by atoms with Gasteiger partial charge in [0.15, 0.2) is 0 Å². The highest BCUT2D eigenvalue weighted by atomic mass is 35.5. The Balaban J connectivity index is 0.00000361. The van der Waals surface area contributed by atoms with Crippen LogP contribution in [0.15, 0.2) is 0 Å². The predicted molar refractivity (Wildman–Crippen MR) is 82.2 cm³/mol. The van der Waals surface area contributed by atoms with Crippen molar-refractivity contribution in [3.8, 4) is 0 Å². The van der Waals surface area contributed by atoms with Gasteiger partial charge in [-0.15, -0.1) is 12.4 Å². The van der Waals surface area contributed by atoms with Gasteiger partial charge in [-0.1, -0.05) is 19.8 Å². The molecule has 1 saturated carbocycles. The van der Waals surface area contributed by atoms with Gasteiger partial charge in [0.1, 0.15) is 5.54 Å². The standard InChI is InChI=1S/C13H26N4O2.ClH/c1-3-14-9-10-16-11(18)13(7-5-6-8-13)17-12(19)15-4-2;/h14H,3-10H2,1-2H3,(H,16,18)(H2,15,17,19);1H. The van der Waals surface area contributed by atoms with Crippen molar-refractivity contribution in [2.75, 3.05) is 26.2 Å². The largest absolute Gasteiger partial charge is 0.353 e. The lowest BCUT2D eigenvalue weighted by molar-refractivity contribution is -0.127. The van der Waals surface area contributed by atoms with Crippen LogP contribution in [0.5, 0.6) is 0 Å². The summed E-state index contributed by atoms with van der Waals surface area (Å²) >= 11 is 0. The van der Waals surface area contributed by atoms with Gasteiger partial charge in [-0.25, -0.2) is 4.79 Å². The van der Waals surface area contributed by atoms with Gasteiger partial charge in [-0.3, -0.25) is 4.79 Å². The summed E-state index contributed by atoms with van der Waals surface area (Å²) in [5.74, 6) is -0.0610. The van der Waals surface area contributed by atoms with Crippen molar-refractivity contribution >= 4 is 24.3 Å². The Hall–Kier alpha value is -1.01. The molecular formula is C13H27ClN4O2. The third-order valence-corrected chi connectivity index (χ3v) is 3.42. The minimum absolute atomic E-state index is 0. The highest BCUT2D eigenvalue weighted by Crippen LogP contribution is 2.29. The number of carbonyl (C=O) groups excluding carboxylic acids is 2. The van der Waals surface area contributed by atoms with Crippen LogP contribution in [0.25, 0.3) is 0 Å². The topological polar surface area (TPSA) is 82.3 Å². The molecular weight excluding hydrogens is 280 g/mol. The van der Waals surface area contributed by atoms with E-state index in [-0.39, 0.29) is 24.3 Å². The van der Waals surface area contributed by atoms with Crippen LogP contribution in [0.3, 0.4) is 0 Å². The van der Waals surface area contributed by atoms with Crippen LogP contribution in [-0.4, -0.2) is 43.7 Å². The van der Waals surface area contributed by atoms with Gasteiger partial charge in [0.05, 0.1) is 0 Å². The van der Waals surface area contributed by atoms with Crippen molar-refractivity contribution in [1.82, 2.24) is 21.3 Å². The number of carbonyl (C=O) groups is 2. The molecule has 0 radical (unpaired) electrons. The van der Waals surface area contributed by atoms with Crippen LogP contribution in [-0.2, 0) is 4.79 Å². The number of rotatable bonds is 7. The number of likely N-dealkylation sites (N-methyl/N-ethyl adjacent to an activating group) is 1. The van der Waals surface area contributed by atoms with Crippen molar-refractivity contribution in [1.29, 1.82) is 0 Å². The molecule has 118 valence electrons. The molecule has 1 aliphatic rings. The van der Waals surface area contributed by atoms with Gasteiger partial charge in [0, 0.05) is 19.6 Å². The van der Waals surface area contributed by atoms with E-state index in [1.807, 2.05) is 13.8 Å². The molecule has 0 spiro atoms. The Bertz CT molecular complexity index is 307. The summed E-state index contributed by atoms with van der Waals surface area (Å²) in [6.45, 7) is 6.67. The number of nitrogens with one attached hydrogen (secondary N) is 4. The smallest absolute Gasteiger partial charge is 0.315 e. The molecule has 3 amide bonds. The zero-order valence-corrected chi connectivity index (χ0v) is 13.2. The van der Waals surface area contributed by atoms with Crippen LogP contribution in [0.1, 0.15) is 39.5 Å². The first kappa shape index (κ1) is 19.0. The number of urea groups is 1. The maximum absolute atomic E-state index is 12.3. The first-order valence-electron chi connectivity index (χ1n) is 7.19. The molecule has 0 aromatic heterocycles. The molecule has 0 aliphatic heterocycles. The monoisotopic (exact) mass is 306 g/mol. The van der Waals surface area contributed by atoms with Crippen LogP contribution in [0.2, 0.25) is 0 Å². The van der Waals surface area contributed by atoms with Gasteiger partial charge < -0.3 is 21.3 Å². The number of hydrogen-bond acceptors (Lipinski definition) is 3. The average molecular weight is 307 g/mol. The molecule has 0 aromatic carbocycles. The molecule has 4 N–H and O–H groups in total. The maximum Gasteiger partial charge on any atom is 0.315 e. The second-order valence-electron chi connectivity index (χ2n) is 4.88. The Labute approximate surface area is 127 Å². The van der Waals surface area contributed by atoms with E-state index in [1.165, 1.54) is 0 Å². The second kappa shape index (κ2) is 9.83. The summed E-state index contributed by atoms with van der Waals surface area (Å²) in [6, 6.07) is -0.258. The second-order valence-corrected chi connectivity index (χ2v) is 4.88. The van der Waals surface area contributed by atoms with E-state index in [9.17, 15) is 9.59 Å². The lowest BCUT2D eigenvalue weighted by Gasteiger charge is -2.29. The van der Waals surface area contributed by atoms with Crippen molar-refractivity contribution in [2.45, 2.75) is 45.1 Å². The summed E-state index contributed by atoms with van der Waals surface area (Å²) in [5, 5.41) is 11.6. The van der Waals surface area contributed by atoms with Crippen LogP contribution in [0.4, 0.5) is 4.79 Å². The van der Waals surface area contributed by atoms with E-state index in [0.29, 0.717) is 13.1 Å². The zero-order chi connectivity index (χ0) is 14.1. The van der Waals surface area contributed by atoms with E-state index >= 15 is 0 Å². The SMILES string of the molecule is CCNCCNC(=O)C1(NC(=O)NCC)CCCC1.Cl. The van der Waals surface area contributed by atoms with Gasteiger partial charge in [0.25, 0.3) is 0 Å². The molecule has 1 rings (SSSR count). The molecule has 0 aromatic rings. The van der Waals surface area contributed by atoms with E-state index in [1.54, 1.807) is 0 Å². The normalized spacial score (nSPS) is 16.1. The fraction of sp³-hybridized carbons (Fsp3) is 0.846. The molecule has 6 nitrogen and oxygen atoms in total. The maximum atomic E-state index is 12.3. The molecule has 1 fully saturated rings. The molecule has 0 atom stereocenters. The summed E-state index contributed by atoms with van der Waals surface area (Å²) in [5.41, 5.74) is -0.717. The zero-order valence-electron chi connectivity index (χ0n) is 12.4. The summed E-state index contributed by atoms with van der Waals surface area (Å²) < 4.78 is 0. The van der Waals surface area contributed by atoms with Gasteiger partial charge in [0.2, 0.25) is 5.91 Å². The van der Waals surface area contributed by atoms with Crippen LogP contribution >= 0.6 is 12.4 Å². The third kappa shape index (κ3) is 5.54. The lowest BCUT2D eigenvalue weighted by atomic mass is 9.96. The third-order valence-electron chi connectivity index (χ3n) is 3.42. The highest BCUT2D eigenvalue weighted by molar-refractivity contribution is 5.91. The van der Waals surface area contributed by atoms with Crippen LogP contribution < -0.4 is 21.3 Å². The molecule has 20 heavy (non-hydrogen) atoms. The molecule has 7 heteroatoms. The minimum Gasteiger partial charge on any atom is -0.353 e. The summed E-state index contributed by atoms with van der Waals surface area (Å²) in [6.07, 6.45) is 3.40. The van der Waals surface area contributed by atoms with Gasteiger partial charge >= 0.3 is 6.03 Å². The number of amides is 3. The van der Waals surface area contributed by atoms with Crippen molar-refractivity contribution < 1.29 is 9.59 Å². The Morgan fingerprint density at radius 3 is 2.20 bits per heavy atom. The Kier molecular flexibility index (Phi) is 9.33. The molecule has 0 saturated heterocycles. The highest BCUT2D eigenvalue weighted by Gasteiger charge is 2.42. The molecule has 0 bridgehead atoms. The summed E-state index contributed by atoms with van der Waals surface area (Å²) in [7, 11) is 0. The Morgan fingerprint density at radius 2 is 1.65 bits per heavy atom. The van der Waals surface area contributed by atoms with E-state index in [4.69, 9.17) is 0 Å². The fourth-order valence-corrected chi connectivity index (χ4v) is 2.42.